The van der Waals surface area contributed by atoms with Crippen LogP contribution in [-0.2, 0) is 21.1 Å². The molecular formula is C4H9Cl2FN5O4Pt-. The van der Waals surface area contributed by atoms with E-state index in [4.69, 9.17) is 10.1 Å². The number of aromatic nitrogens is 2. The van der Waals surface area contributed by atoms with Crippen LogP contribution in [0.4, 0.5) is 4.39 Å². The van der Waals surface area contributed by atoms with E-state index in [1.165, 1.54) is 0 Å². The Hall–Kier alpha value is -0.802. The molecule has 1 aromatic rings. The minimum absolute atomic E-state index is 0. The smallest absolute Gasteiger partial charge is 1.00 e. The molecule has 0 fully saturated rings. The molecule has 8 N–H and O–H groups in total. The summed E-state index contributed by atoms with van der Waals surface area (Å²) in [6.07, 6.45) is 0.709. The summed E-state index contributed by atoms with van der Waals surface area (Å²) in [5, 5.41) is 9.00. The first-order valence-corrected chi connectivity index (χ1v) is 2.54. The van der Waals surface area contributed by atoms with Crippen molar-refractivity contribution in [2.75, 3.05) is 0 Å². The van der Waals surface area contributed by atoms with Gasteiger partial charge in [-0.1, -0.05) is 0 Å². The molecule has 1 rings (SSSR count). The van der Waals surface area contributed by atoms with Gasteiger partial charge < -0.3 is 52.2 Å². The average Bonchev–Trinajstić information content (AvgIpc) is 1.99. The molecule has 0 aromatic carbocycles. The van der Waals surface area contributed by atoms with Crippen molar-refractivity contribution < 1.29 is 50.3 Å². The molecule has 9 nitrogen and oxygen atoms in total. The number of rotatable bonds is 0. The number of nitrogens with one attached hydrogen (secondary N) is 2. The second-order valence-electron chi connectivity index (χ2n) is 1.49. The first kappa shape index (κ1) is 36.0. The Morgan fingerprint density at radius 2 is 1.59 bits per heavy atom. The standard InChI is InChI=1S/C4H3FN2O2.2ClH.HNO2.2H3N.Pt/c5-2-1-6-4(9)7-3(2)8;;;2-1-3;;;/h1H,(H2,6,7,8,9);2*1H;(H,2,3);2*1H3;/q;;;;;;+2/p-3. The third-order valence-electron chi connectivity index (χ3n) is 0.774. The van der Waals surface area contributed by atoms with E-state index >= 15 is 0 Å². The van der Waals surface area contributed by atoms with Gasteiger partial charge in [-0.05, 0) is 0 Å². The van der Waals surface area contributed by atoms with Gasteiger partial charge >= 0.3 is 26.8 Å². The minimum Gasteiger partial charge on any atom is -1.00 e. The zero-order valence-corrected chi connectivity index (χ0v) is 11.8. The van der Waals surface area contributed by atoms with Crippen LogP contribution in [0.5, 0.6) is 0 Å². The van der Waals surface area contributed by atoms with E-state index in [9.17, 15) is 14.0 Å². The molecule has 0 atom stereocenters. The van der Waals surface area contributed by atoms with Crippen molar-refractivity contribution in [3.05, 3.63) is 43.0 Å². The molecular weight excluding hydrogens is 467 g/mol. The Morgan fingerprint density at radius 3 is 1.82 bits per heavy atom. The quantitative estimate of drug-likeness (QED) is 0.213. The molecule has 0 aliphatic carbocycles. The Balaban J connectivity index is -0.0000000349. The Labute approximate surface area is 121 Å². The van der Waals surface area contributed by atoms with Crippen LogP contribution in [0, 0.1) is 15.9 Å². The number of aromatic amines is 2. The Bertz CT molecular complexity index is 373. The van der Waals surface area contributed by atoms with Crippen molar-refractivity contribution in [3.63, 3.8) is 0 Å². The van der Waals surface area contributed by atoms with Gasteiger partial charge in [0.05, 0.1) is 0 Å². The van der Waals surface area contributed by atoms with Crippen LogP contribution in [0.25, 0.3) is 0 Å². The van der Waals surface area contributed by atoms with Crippen LogP contribution >= 0.6 is 0 Å². The van der Waals surface area contributed by atoms with Crippen molar-refractivity contribution in [1.82, 2.24) is 22.3 Å². The molecule has 1 heterocycles. The van der Waals surface area contributed by atoms with Crippen molar-refractivity contribution in [3.8, 4) is 0 Å². The molecule has 0 amide bonds. The van der Waals surface area contributed by atoms with Crippen molar-refractivity contribution in [2.45, 2.75) is 0 Å². The normalized spacial score (nSPS) is 5.71. The zero-order chi connectivity index (χ0) is 9.56. The van der Waals surface area contributed by atoms with Gasteiger partial charge in [-0.3, -0.25) is 9.78 Å². The molecule has 0 unspecified atom stereocenters. The van der Waals surface area contributed by atoms with E-state index in [1.54, 1.807) is 4.98 Å². The minimum atomic E-state index is -1.00. The molecule has 0 spiro atoms. The predicted molar refractivity (Wildman–Crippen MR) is 46.8 cm³/mol. The second-order valence-corrected chi connectivity index (χ2v) is 1.49. The molecule has 0 bridgehead atoms. The molecule has 1 aromatic heterocycles. The summed E-state index contributed by atoms with van der Waals surface area (Å²) in [6.45, 7) is 0. The van der Waals surface area contributed by atoms with Crippen LogP contribution in [0.2, 0.25) is 0 Å². The summed E-state index contributed by atoms with van der Waals surface area (Å²) in [5.41, 5.74) is -1.71. The second kappa shape index (κ2) is 20.6. The van der Waals surface area contributed by atoms with Crippen LogP contribution in [0.15, 0.2) is 21.1 Å². The van der Waals surface area contributed by atoms with Crippen molar-refractivity contribution >= 4 is 0 Å². The molecule has 13 heteroatoms. The van der Waals surface area contributed by atoms with E-state index in [2.05, 4.69) is 0 Å². The van der Waals surface area contributed by atoms with Crippen LogP contribution < -0.4 is 48.4 Å². The first-order chi connectivity index (χ1) is 5.61. The summed E-state index contributed by atoms with van der Waals surface area (Å²) < 4.78 is 12.0. The van der Waals surface area contributed by atoms with Crippen LogP contribution in [0.1, 0.15) is 0 Å². The predicted octanol–water partition coefficient (Wildman–Crippen LogP) is -6.22. The first-order valence-electron chi connectivity index (χ1n) is 2.54. The van der Waals surface area contributed by atoms with Gasteiger partial charge in [0.25, 0.3) is 5.56 Å². The van der Waals surface area contributed by atoms with Gasteiger partial charge in [-0.25, -0.2) is 4.79 Å². The molecule has 0 radical (unpaired) electrons. The molecule has 106 valence electrons. The van der Waals surface area contributed by atoms with Gasteiger partial charge in [-0.2, -0.15) is 4.39 Å². The molecule has 0 saturated carbocycles. The fourth-order valence-corrected chi connectivity index (χ4v) is 0.393. The fourth-order valence-electron chi connectivity index (χ4n) is 0.393. The summed E-state index contributed by atoms with van der Waals surface area (Å²) in [4.78, 5) is 32.0. The van der Waals surface area contributed by atoms with Gasteiger partial charge in [0.1, 0.15) is 0 Å². The number of hydrogen-bond acceptors (Lipinski definition) is 7. The maximum atomic E-state index is 12.0. The Kier molecular flexibility index (Phi) is 43.6. The number of halogens is 3. The van der Waals surface area contributed by atoms with E-state index in [0.29, 0.717) is 6.20 Å². The maximum Gasteiger partial charge on any atom is 2.00 e. The van der Waals surface area contributed by atoms with Crippen molar-refractivity contribution in [2.24, 2.45) is 5.34 Å². The summed E-state index contributed by atoms with van der Waals surface area (Å²) in [7, 11) is 0. The third kappa shape index (κ3) is 17.8. The molecule has 0 aliphatic heterocycles. The van der Waals surface area contributed by atoms with Gasteiger partial charge in [-0.15, -0.1) is 5.34 Å². The van der Waals surface area contributed by atoms with Gasteiger partial charge in [0.2, 0.25) is 5.82 Å². The van der Waals surface area contributed by atoms with E-state index < -0.39 is 17.1 Å². The molecule has 0 aliphatic rings. The van der Waals surface area contributed by atoms with Crippen molar-refractivity contribution in [1.29, 1.82) is 0 Å². The Morgan fingerprint density at radius 1 is 1.24 bits per heavy atom. The molecule has 0 saturated heterocycles. The third-order valence-corrected chi connectivity index (χ3v) is 0.774. The summed E-state index contributed by atoms with van der Waals surface area (Å²) in [5.74, 6) is -0.991. The zero-order valence-electron chi connectivity index (χ0n) is 8.02. The summed E-state index contributed by atoms with van der Waals surface area (Å²) >= 11 is 0. The molecule has 17 heavy (non-hydrogen) atoms. The van der Waals surface area contributed by atoms with Gasteiger partial charge in [0.15, 0.2) is 0 Å². The fraction of sp³-hybridized carbons (Fsp3) is 0. The van der Waals surface area contributed by atoms with Crippen LogP contribution in [0.3, 0.4) is 0 Å². The largest absolute Gasteiger partial charge is 2.00 e. The number of nitrogens with zero attached hydrogens (tertiary/aromatic N) is 1. The monoisotopic (exact) mass is 475 g/mol. The topological polar surface area (TPSA) is 188 Å². The average molecular weight is 476 g/mol. The van der Waals surface area contributed by atoms with E-state index in [1.807, 2.05) is 4.98 Å². The van der Waals surface area contributed by atoms with E-state index in [-0.39, 0.29) is 58.2 Å². The number of H-pyrrole nitrogens is 2. The number of hydrogen-bond donors (Lipinski definition) is 4. The van der Waals surface area contributed by atoms with Gasteiger partial charge in [0, 0.05) is 6.20 Å². The van der Waals surface area contributed by atoms with Crippen LogP contribution in [-0.4, -0.2) is 9.97 Å². The van der Waals surface area contributed by atoms with E-state index in [0.717, 1.165) is 5.34 Å². The summed E-state index contributed by atoms with van der Waals surface area (Å²) in [6, 6.07) is 0. The maximum absolute atomic E-state index is 12.0. The SMILES string of the molecule is N.N.O=N[O-].O=c1[nH]cc(F)c(=O)[nH]1.[Cl-].[Cl-].[Pt+2].